The lowest BCUT2D eigenvalue weighted by atomic mass is 9.95. The topological polar surface area (TPSA) is 68.7 Å². The van der Waals surface area contributed by atoms with Crippen LogP contribution in [0, 0.1) is 0 Å². The smallest absolute Gasteiger partial charge is 0.343 e. The Morgan fingerprint density at radius 3 is 2.28 bits per heavy atom. The van der Waals surface area contributed by atoms with Crippen LogP contribution in [0.3, 0.4) is 0 Å². The van der Waals surface area contributed by atoms with Gasteiger partial charge in [-0.2, -0.15) is 0 Å². The average molecular weight is 552 g/mol. The highest BCUT2D eigenvalue weighted by Gasteiger charge is 2.29. The Morgan fingerprint density at radius 1 is 0.897 bits per heavy atom. The number of fused-ring (bicyclic) bond motifs is 1. The van der Waals surface area contributed by atoms with Crippen LogP contribution >= 0.6 is 11.8 Å². The minimum atomic E-state index is -0.935. The molecule has 0 saturated heterocycles. The second-order valence-corrected chi connectivity index (χ2v) is 11.8. The van der Waals surface area contributed by atoms with Gasteiger partial charge in [0.05, 0.1) is 19.7 Å². The quantitative estimate of drug-likeness (QED) is 0.0785. The van der Waals surface area contributed by atoms with Crippen molar-refractivity contribution in [3.05, 3.63) is 65.2 Å². The Labute approximate surface area is 238 Å². The van der Waals surface area contributed by atoms with Crippen LogP contribution in [0.4, 0.5) is 0 Å². The molecule has 6 heteroatoms. The standard InChI is InChI=1S/C33H45NO4S/c1-5-7-9-10-11-12-13-16-25-17-14-15-18-27(25)24-33(36,21-8-6-2)39-28-20-19-26-22-29(32(35)38-4)31(37-3)34-30(26)23-28/h14-15,17-20,22-23,36H,5-13,16,21,24H2,1-4H3/t33-/m0/s1. The van der Waals surface area contributed by atoms with E-state index in [0.29, 0.717) is 23.9 Å². The van der Waals surface area contributed by atoms with Crippen molar-refractivity contribution < 1.29 is 19.4 Å². The minimum absolute atomic E-state index is 0.233. The third kappa shape index (κ3) is 9.25. The maximum Gasteiger partial charge on any atom is 0.343 e. The molecule has 0 spiro atoms. The highest BCUT2D eigenvalue weighted by atomic mass is 32.2. The fraction of sp³-hybridized carbons (Fsp3) is 0.515. The maximum absolute atomic E-state index is 12.1. The van der Waals surface area contributed by atoms with Crippen molar-refractivity contribution in [3.63, 3.8) is 0 Å². The number of benzene rings is 2. The summed E-state index contributed by atoms with van der Waals surface area (Å²) >= 11 is 1.50. The molecule has 0 radical (unpaired) electrons. The number of esters is 1. The number of hydrogen-bond acceptors (Lipinski definition) is 6. The third-order valence-corrected chi connectivity index (χ3v) is 8.43. The summed E-state index contributed by atoms with van der Waals surface area (Å²) in [5, 5.41) is 12.8. The monoisotopic (exact) mass is 551 g/mol. The second-order valence-electron chi connectivity index (χ2n) is 10.4. The molecule has 0 unspecified atom stereocenters. The van der Waals surface area contributed by atoms with Gasteiger partial charge in [-0.05, 0) is 55.0 Å². The largest absolute Gasteiger partial charge is 0.480 e. The fourth-order valence-corrected chi connectivity index (χ4v) is 6.22. The first-order valence-corrected chi connectivity index (χ1v) is 15.3. The van der Waals surface area contributed by atoms with E-state index in [1.807, 2.05) is 18.2 Å². The number of carbonyl (C=O) groups excluding carboxylic acids is 1. The molecule has 1 heterocycles. The summed E-state index contributed by atoms with van der Waals surface area (Å²) in [6, 6.07) is 16.2. The van der Waals surface area contributed by atoms with Crippen molar-refractivity contribution in [2.45, 2.75) is 101 Å². The number of nitrogens with zero attached hydrogens (tertiary/aromatic N) is 1. The SMILES string of the molecule is CCCCCCCCCc1ccccc1C[C@](O)(CCCC)Sc1ccc2cc(C(=O)OC)c(OC)nc2c1. The molecule has 3 rings (SSSR count). The van der Waals surface area contributed by atoms with Crippen molar-refractivity contribution in [1.29, 1.82) is 0 Å². The van der Waals surface area contributed by atoms with Crippen molar-refractivity contribution in [3.8, 4) is 5.88 Å². The van der Waals surface area contributed by atoms with E-state index in [1.54, 1.807) is 6.07 Å². The van der Waals surface area contributed by atoms with Gasteiger partial charge in [-0.3, -0.25) is 0 Å². The Hall–Kier alpha value is -2.57. The van der Waals surface area contributed by atoms with Crippen LogP contribution in [-0.4, -0.2) is 35.2 Å². The lowest BCUT2D eigenvalue weighted by molar-refractivity contribution is 0.0596. The van der Waals surface area contributed by atoms with Crippen LogP contribution in [0.25, 0.3) is 10.9 Å². The predicted octanol–water partition coefficient (Wildman–Crippen LogP) is 8.54. The molecule has 2 aromatic carbocycles. The van der Waals surface area contributed by atoms with Crippen LogP contribution < -0.4 is 4.74 Å². The van der Waals surface area contributed by atoms with Crippen molar-refractivity contribution in [2.75, 3.05) is 14.2 Å². The van der Waals surface area contributed by atoms with E-state index >= 15 is 0 Å². The molecular weight excluding hydrogens is 506 g/mol. The Bertz CT molecular complexity index is 1200. The molecule has 3 aromatic rings. The number of aliphatic hydroxyl groups is 1. The summed E-state index contributed by atoms with van der Waals surface area (Å²) in [7, 11) is 2.84. The molecule has 0 fully saturated rings. The van der Waals surface area contributed by atoms with Gasteiger partial charge in [0.15, 0.2) is 0 Å². The molecule has 39 heavy (non-hydrogen) atoms. The van der Waals surface area contributed by atoms with Crippen molar-refractivity contribution in [1.82, 2.24) is 4.98 Å². The van der Waals surface area contributed by atoms with Crippen LogP contribution in [0.15, 0.2) is 53.4 Å². The number of aryl methyl sites for hydroxylation is 1. The van der Waals surface area contributed by atoms with Gasteiger partial charge in [0.25, 0.3) is 0 Å². The maximum atomic E-state index is 12.1. The molecule has 1 aromatic heterocycles. The summed E-state index contributed by atoms with van der Waals surface area (Å²) in [4.78, 5) is 16.7. The summed E-state index contributed by atoms with van der Waals surface area (Å²) in [5.74, 6) is -0.249. The highest BCUT2D eigenvalue weighted by Crippen LogP contribution is 2.39. The van der Waals surface area contributed by atoms with Crippen molar-refractivity contribution >= 4 is 28.6 Å². The molecule has 212 valence electrons. The molecule has 0 aliphatic rings. The highest BCUT2D eigenvalue weighted by molar-refractivity contribution is 8.00. The zero-order valence-electron chi connectivity index (χ0n) is 24.1. The van der Waals surface area contributed by atoms with E-state index in [1.165, 1.54) is 82.1 Å². The number of rotatable bonds is 17. The van der Waals surface area contributed by atoms with Crippen LogP contribution in [-0.2, 0) is 17.6 Å². The van der Waals surface area contributed by atoms with Gasteiger partial charge in [0, 0.05) is 16.7 Å². The molecular formula is C33H45NO4S. The third-order valence-electron chi connectivity index (χ3n) is 7.22. The van der Waals surface area contributed by atoms with Gasteiger partial charge in [-0.1, -0.05) is 101 Å². The lowest BCUT2D eigenvalue weighted by Crippen LogP contribution is -2.27. The van der Waals surface area contributed by atoms with E-state index in [0.717, 1.165) is 29.5 Å². The number of thioether (sulfide) groups is 1. The molecule has 0 aliphatic heterocycles. The minimum Gasteiger partial charge on any atom is -0.480 e. The first kappa shape index (κ1) is 31.0. The van der Waals surface area contributed by atoms with Gasteiger partial charge < -0.3 is 14.6 Å². The van der Waals surface area contributed by atoms with Crippen molar-refractivity contribution in [2.24, 2.45) is 0 Å². The molecule has 5 nitrogen and oxygen atoms in total. The first-order valence-electron chi connectivity index (χ1n) is 14.5. The van der Waals surface area contributed by atoms with Crippen LogP contribution in [0.1, 0.15) is 99.5 Å². The molecule has 0 bridgehead atoms. The number of carbonyl (C=O) groups is 1. The Morgan fingerprint density at radius 2 is 1.59 bits per heavy atom. The normalized spacial score (nSPS) is 12.8. The summed E-state index contributed by atoms with van der Waals surface area (Å²) in [5.41, 5.74) is 3.59. The molecule has 1 atom stereocenters. The van der Waals surface area contributed by atoms with Gasteiger partial charge in [-0.25, -0.2) is 9.78 Å². The molecule has 0 aliphatic carbocycles. The molecule has 1 N–H and O–H groups in total. The van der Waals surface area contributed by atoms with Gasteiger partial charge in [-0.15, -0.1) is 0 Å². The second kappa shape index (κ2) is 15.9. The number of pyridine rings is 1. The van der Waals surface area contributed by atoms with Crippen LogP contribution in [0.5, 0.6) is 5.88 Å². The summed E-state index contributed by atoms with van der Waals surface area (Å²) < 4.78 is 10.2. The molecule has 0 amide bonds. The van der Waals surface area contributed by atoms with E-state index < -0.39 is 10.9 Å². The number of aromatic nitrogens is 1. The zero-order chi connectivity index (χ0) is 28.1. The van der Waals surface area contributed by atoms with Gasteiger partial charge >= 0.3 is 5.97 Å². The zero-order valence-corrected chi connectivity index (χ0v) is 24.9. The fourth-order valence-electron chi connectivity index (χ4n) is 5.00. The molecule has 0 saturated carbocycles. The number of unbranched alkanes of at least 4 members (excludes halogenated alkanes) is 7. The number of methoxy groups -OCH3 is 2. The van der Waals surface area contributed by atoms with E-state index in [-0.39, 0.29) is 5.88 Å². The Kier molecular flexibility index (Phi) is 12.6. The van der Waals surface area contributed by atoms with E-state index in [9.17, 15) is 9.90 Å². The predicted molar refractivity (Wildman–Crippen MR) is 162 cm³/mol. The summed E-state index contributed by atoms with van der Waals surface area (Å²) in [6.45, 7) is 4.41. The van der Waals surface area contributed by atoms with Gasteiger partial charge in [0.1, 0.15) is 10.5 Å². The first-order chi connectivity index (χ1) is 18.9. The lowest BCUT2D eigenvalue weighted by Gasteiger charge is -2.29. The van der Waals surface area contributed by atoms with Gasteiger partial charge in [0.2, 0.25) is 5.88 Å². The average Bonchev–Trinajstić information content (AvgIpc) is 2.95. The van der Waals surface area contributed by atoms with E-state index in [4.69, 9.17) is 9.47 Å². The number of ether oxygens (including phenoxy) is 2. The van der Waals surface area contributed by atoms with E-state index in [2.05, 4.69) is 43.1 Å². The number of hydrogen-bond donors (Lipinski definition) is 1. The Balaban J connectivity index is 1.77. The summed E-state index contributed by atoms with van der Waals surface area (Å²) in [6.07, 6.45) is 13.4. The van der Waals surface area contributed by atoms with Crippen LogP contribution in [0.2, 0.25) is 0 Å².